The van der Waals surface area contributed by atoms with Crippen molar-refractivity contribution >= 4 is 33.1 Å². The summed E-state index contributed by atoms with van der Waals surface area (Å²) in [6.07, 6.45) is 27.6. The lowest BCUT2D eigenvalue weighted by atomic mass is 9.92. The summed E-state index contributed by atoms with van der Waals surface area (Å²) in [4.78, 5) is 22.3. The molecule has 0 saturated carbocycles. The summed E-state index contributed by atoms with van der Waals surface area (Å²) in [5, 5.41) is 0. The zero-order chi connectivity index (χ0) is 33.2. The number of benzene rings is 2. The molecule has 0 fully saturated rings. The van der Waals surface area contributed by atoms with E-state index in [4.69, 9.17) is 4.74 Å². The molecule has 0 aliphatic heterocycles. The van der Waals surface area contributed by atoms with E-state index in [0.717, 1.165) is 37.9 Å². The van der Waals surface area contributed by atoms with Gasteiger partial charge in [0.05, 0.1) is 12.4 Å². The molecule has 0 N–H and O–H groups in total. The standard InChI is InChI=1S/C20H28O.C14H21Br.C8H12O2/c1-2-3-4-5-6-7-9-17-12-14-18(15-13-17)19-10-8-11-20(21)16-19;1-2-3-4-5-6-7-8-13-9-11-14(15)12-10-13;1-2-10-8-5-3-4-7(9)6-8/h12-16H,2-11H2,1H3;9-12H,2-8H2,1H3;6H,2-5H2,1H3. The highest BCUT2D eigenvalue weighted by atomic mass is 79.9. The fourth-order valence-electron chi connectivity index (χ4n) is 5.83. The molecule has 0 amide bonds. The number of allylic oxidation sites excluding steroid dienone is 4. The number of hydrogen-bond donors (Lipinski definition) is 0. The summed E-state index contributed by atoms with van der Waals surface area (Å²) < 4.78 is 6.37. The Kier molecular flexibility index (Phi) is 22.1. The summed E-state index contributed by atoms with van der Waals surface area (Å²) in [5.41, 5.74) is 5.35. The van der Waals surface area contributed by atoms with Crippen molar-refractivity contribution in [3.8, 4) is 0 Å². The Morgan fingerprint density at radius 3 is 1.54 bits per heavy atom. The van der Waals surface area contributed by atoms with Gasteiger partial charge in [0.1, 0.15) is 0 Å². The van der Waals surface area contributed by atoms with Crippen LogP contribution in [0.1, 0.15) is 153 Å². The number of aryl methyl sites for hydroxylation is 2. The van der Waals surface area contributed by atoms with Crippen molar-refractivity contribution in [1.82, 2.24) is 0 Å². The summed E-state index contributed by atoms with van der Waals surface area (Å²) in [6, 6.07) is 17.6. The molecule has 0 aromatic heterocycles. The van der Waals surface area contributed by atoms with Crippen LogP contribution in [-0.2, 0) is 27.2 Å². The van der Waals surface area contributed by atoms with E-state index in [-0.39, 0.29) is 11.6 Å². The van der Waals surface area contributed by atoms with E-state index in [9.17, 15) is 9.59 Å². The van der Waals surface area contributed by atoms with E-state index in [1.807, 2.05) is 13.0 Å². The molecule has 0 unspecified atom stereocenters. The maximum absolute atomic E-state index is 11.5. The Bertz CT molecular complexity index is 1160. The minimum absolute atomic E-state index is 0.203. The van der Waals surface area contributed by atoms with Crippen molar-refractivity contribution < 1.29 is 14.3 Å². The van der Waals surface area contributed by atoms with Gasteiger partial charge in [-0.3, -0.25) is 9.59 Å². The third-order valence-corrected chi connectivity index (χ3v) is 9.11. The molecular weight excluding hydrogens is 632 g/mol. The Hall–Kier alpha value is -2.46. The highest BCUT2D eigenvalue weighted by molar-refractivity contribution is 9.10. The number of ether oxygens (including phenoxy) is 1. The van der Waals surface area contributed by atoms with Crippen LogP contribution < -0.4 is 0 Å². The van der Waals surface area contributed by atoms with Crippen LogP contribution in [0.5, 0.6) is 0 Å². The lowest BCUT2D eigenvalue weighted by Crippen LogP contribution is -2.04. The fraction of sp³-hybridized carbons (Fsp3) is 0.571. The smallest absolute Gasteiger partial charge is 0.159 e. The topological polar surface area (TPSA) is 43.4 Å². The quantitative estimate of drug-likeness (QED) is 0.155. The molecule has 2 aliphatic rings. The largest absolute Gasteiger partial charge is 0.498 e. The minimum Gasteiger partial charge on any atom is -0.498 e. The Morgan fingerprint density at radius 1 is 0.565 bits per heavy atom. The molecule has 0 atom stereocenters. The van der Waals surface area contributed by atoms with Crippen molar-refractivity contribution in [2.24, 2.45) is 0 Å². The second kappa shape index (κ2) is 25.6. The van der Waals surface area contributed by atoms with Gasteiger partial charge in [-0.1, -0.05) is 130 Å². The number of unbranched alkanes of at least 4 members (excludes halogenated alkanes) is 10. The zero-order valence-electron chi connectivity index (χ0n) is 29.2. The molecule has 46 heavy (non-hydrogen) atoms. The molecule has 3 nitrogen and oxygen atoms in total. The molecule has 0 saturated heterocycles. The second-order valence-corrected chi connectivity index (χ2v) is 13.6. The first kappa shape index (κ1) is 39.7. The van der Waals surface area contributed by atoms with E-state index < -0.39 is 0 Å². The maximum atomic E-state index is 11.5. The number of hydrogen-bond acceptors (Lipinski definition) is 3. The number of carbonyl (C=O) groups excluding carboxylic acids is 2. The number of halogens is 1. The first-order chi connectivity index (χ1) is 22.4. The number of rotatable bonds is 17. The van der Waals surface area contributed by atoms with Crippen LogP contribution in [0.2, 0.25) is 0 Å². The molecule has 2 aliphatic carbocycles. The van der Waals surface area contributed by atoms with E-state index >= 15 is 0 Å². The van der Waals surface area contributed by atoms with Crippen molar-refractivity contribution in [3.05, 3.63) is 87.6 Å². The highest BCUT2D eigenvalue weighted by Gasteiger charge is 2.11. The molecule has 254 valence electrons. The van der Waals surface area contributed by atoms with Gasteiger partial charge in [-0.25, -0.2) is 0 Å². The van der Waals surface area contributed by atoms with Crippen LogP contribution in [-0.4, -0.2) is 18.2 Å². The van der Waals surface area contributed by atoms with Crippen molar-refractivity contribution in [2.45, 2.75) is 149 Å². The van der Waals surface area contributed by atoms with Gasteiger partial charge < -0.3 is 4.74 Å². The Labute approximate surface area is 289 Å². The van der Waals surface area contributed by atoms with Crippen LogP contribution in [0.15, 0.2) is 70.9 Å². The van der Waals surface area contributed by atoms with Crippen LogP contribution in [0.4, 0.5) is 0 Å². The van der Waals surface area contributed by atoms with Crippen LogP contribution >= 0.6 is 15.9 Å². The lowest BCUT2D eigenvalue weighted by molar-refractivity contribution is -0.116. The third-order valence-electron chi connectivity index (χ3n) is 8.58. The van der Waals surface area contributed by atoms with Crippen molar-refractivity contribution in [1.29, 1.82) is 0 Å². The fourth-order valence-corrected chi connectivity index (χ4v) is 6.10. The van der Waals surface area contributed by atoms with Gasteiger partial charge in [-0.05, 0) is 92.3 Å². The average Bonchev–Trinajstić information content (AvgIpc) is 3.06. The number of carbonyl (C=O) groups is 2. The first-order valence-electron chi connectivity index (χ1n) is 18.4. The predicted octanol–water partition coefficient (Wildman–Crippen LogP) is 12.7. The van der Waals surface area contributed by atoms with Crippen LogP contribution in [0.3, 0.4) is 0 Å². The SMILES string of the molecule is CCCCCCCCc1ccc(Br)cc1.CCCCCCCCc1ccc(C2=CC(=O)CCC2)cc1.CCOC1=CC(=O)CCC1. The molecule has 4 heteroatoms. The van der Waals surface area contributed by atoms with Gasteiger partial charge in [-0.2, -0.15) is 0 Å². The third kappa shape index (κ3) is 18.6. The van der Waals surface area contributed by atoms with E-state index in [1.54, 1.807) is 6.08 Å². The average molecular weight is 694 g/mol. The minimum atomic E-state index is 0.203. The van der Waals surface area contributed by atoms with Crippen molar-refractivity contribution in [3.63, 3.8) is 0 Å². The predicted molar refractivity (Wildman–Crippen MR) is 200 cm³/mol. The molecule has 0 heterocycles. The molecule has 0 bridgehead atoms. The second-order valence-electron chi connectivity index (χ2n) is 12.7. The highest BCUT2D eigenvalue weighted by Crippen LogP contribution is 2.26. The molecule has 0 radical (unpaired) electrons. The normalized spacial score (nSPS) is 14.3. The maximum Gasteiger partial charge on any atom is 0.159 e. The molecule has 2 aromatic rings. The van der Waals surface area contributed by atoms with Crippen LogP contribution in [0, 0.1) is 0 Å². The lowest BCUT2D eigenvalue weighted by Gasteiger charge is -2.12. The monoisotopic (exact) mass is 692 g/mol. The molecular formula is C42H61BrO3. The van der Waals surface area contributed by atoms with E-state index in [2.05, 4.69) is 78.3 Å². The van der Waals surface area contributed by atoms with Gasteiger partial charge in [0, 0.05) is 29.8 Å². The van der Waals surface area contributed by atoms with Gasteiger partial charge in [-0.15, -0.1) is 0 Å². The van der Waals surface area contributed by atoms with Crippen LogP contribution in [0.25, 0.3) is 5.57 Å². The molecule has 2 aromatic carbocycles. The van der Waals surface area contributed by atoms with Crippen molar-refractivity contribution in [2.75, 3.05) is 6.61 Å². The van der Waals surface area contributed by atoms with E-state index in [1.165, 1.54) is 117 Å². The van der Waals surface area contributed by atoms with Gasteiger partial charge in [0.15, 0.2) is 11.6 Å². The summed E-state index contributed by atoms with van der Waals surface area (Å²) in [5.74, 6) is 1.35. The molecule has 4 rings (SSSR count). The zero-order valence-corrected chi connectivity index (χ0v) is 30.8. The van der Waals surface area contributed by atoms with Gasteiger partial charge in [0.2, 0.25) is 0 Å². The number of ketones is 2. The van der Waals surface area contributed by atoms with Gasteiger partial charge >= 0.3 is 0 Å². The first-order valence-corrected chi connectivity index (χ1v) is 19.2. The molecule has 0 spiro atoms. The summed E-state index contributed by atoms with van der Waals surface area (Å²) in [7, 11) is 0. The Morgan fingerprint density at radius 2 is 1.04 bits per heavy atom. The Balaban J connectivity index is 0.000000257. The van der Waals surface area contributed by atoms with Gasteiger partial charge in [0.25, 0.3) is 0 Å². The van der Waals surface area contributed by atoms with E-state index in [0.29, 0.717) is 13.0 Å². The summed E-state index contributed by atoms with van der Waals surface area (Å²) in [6.45, 7) is 7.12. The summed E-state index contributed by atoms with van der Waals surface area (Å²) >= 11 is 3.46.